The molecule has 0 unspecified atom stereocenters. The van der Waals surface area contributed by atoms with E-state index >= 15 is 0 Å². The summed E-state index contributed by atoms with van der Waals surface area (Å²) >= 11 is 0. The minimum Gasteiger partial charge on any atom is -0.459 e. The molecule has 2 aliphatic carbocycles. The number of likely N-dealkylation sites (tertiary alicyclic amines) is 1. The summed E-state index contributed by atoms with van der Waals surface area (Å²) in [4.78, 5) is 14.1. The number of hydrogen-bond donors (Lipinski definition) is 0. The summed E-state index contributed by atoms with van der Waals surface area (Å²) in [5, 5.41) is 0. The zero-order chi connectivity index (χ0) is 10.9. The summed E-state index contributed by atoms with van der Waals surface area (Å²) in [6.07, 6.45) is 3.92. The van der Waals surface area contributed by atoms with Crippen LogP contribution < -0.4 is 0 Å². The van der Waals surface area contributed by atoms with Crippen LogP contribution in [0.2, 0.25) is 0 Å². The fourth-order valence-electron chi connectivity index (χ4n) is 3.71. The molecule has 1 aromatic heterocycles. The number of furan rings is 1. The number of carbonyl (C=O) groups is 1. The molecule has 3 nitrogen and oxygen atoms in total. The molecular formula is C13H13NO2. The van der Waals surface area contributed by atoms with E-state index in [1.165, 1.54) is 12.0 Å². The summed E-state index contributed by atoms with van der Waals surface area (Å²) in [5.74, 6) is 1.76. The highest BCUT2D eigenvalue weighted by atomic mass is 16.3. The number of rotatable bonds is 1. The number of piperidine rings is 1. The topological polar surface area (TPSA) is 33.2 Å². The normalized spacial score (nSPS) is 39.0. The predicted octanol–water partition coefficient (Wildman–Crippen LogP) is 2.07. The third kappa shape index (κ3) is 0.872. The molecule has 3 aliphatic rings. The molecule has 3 heteroatoms. The maximum absolute atomic E-state index is 12.1. The van der Waals surface area contributed by atoms with E-state index in [0.717, 1.165) is 6.42 Å². The van der Waals surface area contributed by atoms with Crippen molar-refractivity contribution in [3.8, 4) is 0 Å². The lowest BCUT2D eigenvalue weighted by Crippen LogP contribution is -2.20. The van der Waals surface area contributed by atoms with Crippen molar-refractivity contribution < 1.29 is 9.21 Å². The summed E-state index contributed by atoms with van der Waals surface area (Å²) in [6.45, 7) is 4.11. The largest absolute Gasteiger partial charge is 0.459 e. The van der Waals surface area contributed by atoms with Crippen LogP contribution >= 0.6 is 0 Å². The van der Waals surface area contributed by atoms with Crippen LogP contribution in [0.5, 0.6) is 0 Å². The Morgan fingerprint density at radius 1 is 1.50 bits per heavy atom. The quantitative estimate of drug-likeness (QED) is 0.530. The summed E-state index contributed by atoms with van der Waals surface area (Å²) < 4.78 is 5.17. The van der Waals surface area contributed by atoms with Gasteiger partial charge in [0.1, 0.15) is 0 Å². The van der Waals surface area contributed by atoms with Gasteiger partial charge in [-0.1, -0.05) is 12.2 Å². The first kappa shape index (κ1) is 8.62. The van der Waals surface area contributed by atoms with Crippen LogP contribution in [0, 0.1) is 11.8 Å². The molecular weight excluding hydrogens is 202 g/mol. The smallest absolute Gasteiger partial charge is 0.290 e. The first-order chi connectivity index (χ1) is 7.77. The summed E-state index contributed by atoms with van der Waals surface area (Å²) in [7, 11) is 0. The fourth-order valence-corrected chi connectivity index (χ4v) is 3.71. The Balaban J connectivity index is 1.62. The summed E-state index contributed by atoms with van der Waals surface area (Å²) in [5.41, 5.74) is 1.35. The molecule has 4 atom stereocenters. The molecule has 16 heavy (non-hydrogen) atoms. The third-order valence-electron chi connectivity index (χ3n) is 4.37. The van der Waals surface area contributed by atoms with Gasteiger partial charge in [-0.2, -0.15) is 0 Å². The SMILES string of the molecule is C=C1C[C@@H]2C[C@H]1[C@@H]1[C@H]2N1C(=O)c1ccco1. The number of carbonyl (C=O) groups excluding carboxylic acids is 1. The second kappa shape index (κ2) is 2.59. The molecule has 0 radical (unpaired) electrons. The van der Waals surface area contributed by atoms with Crippen molar-refractivity contribution in [3.05, 3.63) is 36.3 Å². The molecule has 3 fully saturated rings. The maximum atomic E-state index is 12.1. The molecule has 1 saturated heterocycles. The van der Waals surface area contributed by atoms with E-state index in [9.17, 15) is 4.79 Å². The van der Waals surface area contributed by atoms with Gasteiger partial charge in [0.05, 0.1) is 18.3 Å². The molecule has 0 aromatic carbocycles. The second-order valence-corrected chi connectivity index (χ2v) is 5.14. The first-order valence-corrected chi connectivity index (χ1v) is 5.81. The van der Waals surface area contributed by atoms with Gasteiger partial charge in [0.15, 0.2) is 5.76 Å². The van der Waals surface area contributed by atoms with E-state index in [2.05, 4.69) is 6.58 Å². The Morgan fingerprint density at radius 2 is 2.38 bits per heavy atom. The first-order valence-electron chi connectivity index (χ1n) is 5.81. The van der Waals surface area contributed by atoms with Crippen LogP contribution in [0.4, 0.5) is 0 Å². The molecule has 1 amide bonds. The highest BCUT2D eigenvalue weighted by Crippen LogP contribution is 2.60. The Bertz CT molecular complexity index is 476. The van der Waals surface area contributed by atoms with E-state index in [4.69, 9.17) is 4.42 Å². The number of amides is 1. The van der Waals surface area contributed by atoms with Gasteiger partial charge in [0.2, 0.25) is 0 Å². The van der Waals surface area contributed by atoms with Crippen molar-refractivity contribution in [3.63, 3.8) is 0 Å². The van der Waals surface area contributed by atoms with Crippen molar-refractivity contribution in [1.82, 2.24) is 4.90 Å². The molecule has 4 rings (SSSR count). The standard InChI is InChI=1S/C13H13NO2/c1-7-5-8-6-9(7)12-11(8)14(12)13(15)10-3-2-4-16-10/h2-4,8-9,11-12H,1,5-6H2/t8-,9-,11+,12-,14?/m1/s1. The van der Waals surface area contributed by atoms with Crippen LogP contribution in [-0.2, 0) is 0 Å². The third-order valence-corrected chi connectivity index (χ3v) is 4.37. The average molecular weight is 215 g/mol. The average Bonchev–Trinajstić information content (AvgIpc) is 2.71. The van der Waals surface area contributed by atoms with E-state index in [-0.39, 0.29) is 5.91 Å². The van der Waals surface area contributed by atoms with Crippen molar-refractivity contribution in [2.45, 2.75) is 24.9 Å². The van der Waals surface area contributed by atoms with Crippen molar-refractivity contribution in [2.24, 2.45) is 11.8 Å². The van der Waals surface area contributed by atoms with Gasteiger partial charge in [0.25, 0.3) is 5.91 Å². The minimum absolute atomic E-state index is 0.0596. The maximum Gasteiger partial charge on any atom is 0.290 e. The molecule has 0 N–H and O–H groups in total. The van der Waals surface area contributed by atoms with Gasteiger partial charge in [-0.05, 0) is 30.9 Å². The molecule has 2 saturated carbocycles. The van der Waals surface area contributed by atoms with E-state index in [1.807, 2.05) is 4.90 Å². The highest BCUT2D eigenvalue weighted by molar-refractivity contribution is 5.94. The number of fused-ring (bicyclic) bond motifs is 5. The van der Waals surface area contributed by atoms with E-state index in [1.54, 1.807) is 18.4 Å². The van der Waals surface area contributed by atoms with Gasteiger partial charge >= 0.3 is 0 Å². The van der Waals surface area contributed by atoms with Gasteiger partial charge in [-0.3, -0.25) is 4.79 Å². The molecule has 2 heterocycles. The second-order valence-electron chi connectivity index (χ2n) is 5.14. The molecule has 1 aromatic rings. The Hall–Kier alpha value is -1.51. The Morgan fingerprint density at radius 3 is 3.06 bits per heavy atom. The lowest BCUT2D eigenvalue weighted by molar-refractivity contribution is 0.0813. The molecule has 82 valence electrons. The minimum atomic E-state index is 0.0596. The lowest BCUT2D eigenvalue weighted by Gasteiger charge is -2.10. The number of hydrogen-bond acceptors (Lipinski definition) is 2. The van der Waals surface area contributed by atoms with E-state index in [0.29, 0.717) is 29.7 Å². The molecule has 0 spiro atoms. The monoisotopic (exact) mass is 215 g/mol. The van der Waals surface area contributed by atoms with Crippen LogP contribution in [-0.4, -0.2) is 22.9 Å². The van der Waals surface area contributed by atoms with Crippen molar-refractivity contribution in [1.29, 1.82) is 0 Å². The molecule has 1 aliphatic heterocycles. The van der Waals surface area contributed by atoms with Gasteiger partial charge in [0, 0.05) is 5.92 Å². The highest BCUT2D eigenvalue weighted by Gasteiger charge is 2.67. The van der Waals surface area contributed by atoms with Gasteiger partial charge < -0.3 is 9.32 Å². The van der Waals surface area contributed by atoms with E-state index < -0.39 is 0 Å². The zero-order valence-corrected chi connectivity index (χ0v) is 8.93. The Labute approximate surface area is 93.7 Å². The Kier molecular flexibility index (Phi) is 1.40. The van der Waals surface area contributed by atoms with Crippen LogP contribution in [0.1, 0.15) is 23.4 Å². The lowest BCUT2D eigenvalue weighted by atomic mass is 9.96. The number of nitrogens with zero attached hydrogens (tertiary/aromatic N) is 1. The van der Waals surface area contributed by atoms with Gasteiger partial charge in [-0.25, -0.2) is 0 Å². The van der Waals surface area contributed by atoms with Gasteiger partial charge in [-0.15, -0.1) is 0 Å². The van der Waals surface area contributed by atoms with Crippen molar-refractivity contribution >= 4 is 5.91 Å². The summed E-state index contributed by atoms with van der Waals surface area (Å²) in [6, 6.07) is 4.42. The van der Waals surface area contributed by atoms with Crippen molar-refractivity contribution in [2.75, 3.05) is 0 Å². The zero-order valence-electron chi connectivity index (χ0n) is 8.93. The van der Waals surface area contributed by atoms with Crippen LogP contribution in [0.25, 0.3) is 0 Å². The molecule has 2 bridgehead atoms. The van der Waals surface area contributed by atoms with Crippen LogP contribution in [0.15, 0.2) is 35.0 Å². The van der Waals surface area contributed by atoms with Crippen LogP contribution in [0.3, 0.4) is 0 Å². The fraction of sp³-hybridized carbons (Fsp3) is 0.462. The predicted molar refractivity (Wildman–Crippen MR) is 57.8 cm³/mol.